The van der Waals surface area contributed by atoms with Gasteiger partial charge in [0.25, 0.3) is 5.91 Å². The molecule has 1 amide bonds. The molecule has 120 valence electrons. The molecule has 1 aliphatic rings. The first-order chi connectivity index (χ1) is 10.7. The highest BCUT2D eigenvalue weighted by Gasteiger charge is 2.15. The second kappa shape index (κ2) is 8.08. The number of hydrogen-bond donors (Lipinski definition) is 1. The molecule has 0 atom stereocenters. The lowest BCUT2D eigenvalue weighted by molar-refractivity contribution is 0.0953. The number of ether oxygens (including phenoxy) is 2. The summed E-state index contributed by atoms with van der Waals surface area (Å²) in [5.74, 6) is 0.738. The lowest BCUT2D eigenvalue weighted by Crippen LogP contribution is -2.25. The number of carbonyl (C=O) groups is 1. The maximum absolute atomic E-state index is 12.2. The van der Waals surface area contributed by atoms with Crippen LogP contribution in [0.3, 0.4) is 0 Å². The van der Waals surface area contributed by atoms with Gasteiger partial charge in [-0.15, -0.1) is 0 Å². The maximum Gasteiger partial charge on any atom is 0.251 e. The molecule has 0 aromatic heterocycles. The van der Waals surface area contributed by atoms with Gasteiger partial charge in [0.1, 0.15) is 0 Å². The molecule has 1 N–H and O–H groups in total. The van der Waals surface area contributed by atoms with Crippen molar-refractivity contribution in [2.75, 3.05) is 20.8 Å². The van der Waals surface area contributed by atoms with E-state index in [1.165, 1.54) is 32.6 Å². The van der Waals surface area contributed by atoms with Gasteiger partial charge in [-0.3, -0.25) is 4.79 Å². The number of allylic oxidation sites excluding steroid dienone is 1. The number of carbonyl (C=O) groups excluding carboxylic acids is 1. The number of benzene rings is 1. The van der Waals surface area contributed by atoms with Gasteiger partial charge in [0, 0.05) is 12.1 Å². The van der Waals surface area contributed by atoms with Crippen LogP contribution in [0.4, 0.5) is 0 Å². The molecule has 1 aromatic rings. The Morgan fingerprint density at radius 1 is 1.27 bits per heavy atom. The van der Waals surface area contributed by atoms with Gasteiger partial charge in [-0.1, -0.05) is 23.3 Å². The highest BCUT2D eigenvalue weighted by molar-refractivity contribution is 6.32. The van der Waals surface area contributed by atoms with Gasteiger partial charge >= 0.3 is 0 Å². The molecule has 0 saturated heterocycles. The Morgan fingerprint density at radius 3 is 2.73 bits per heavy atom. The molecule has 0 heterocycles. The third-order valence-corrected chi connectivity index (χ3v) is 4.09. The van der Waals surface area contributed by atoms with E-state index in [-0.39, 0.29) is 5.91 Å². The van der Waals surface area contributed by atoms with E-state index in [1.807, 2.05) is 0 Å². The number of rotatable bonds is 6. The summed E-state index contributed by atoms with van der Waals surface area (Å²) in [6, 6.07) is 3.23. The van der Waals surface area contributed by atoms with E-state index < -0.39 is 0 Å². The van der Waals surface area contributed by atoms with Crippen molar-refractivity contribution < 1.29 is 14.3 Å². The highest BCUT2D eigenvalue weighted by Crippen LogP contribution is 2.35. The van der Waals surface area contributed by atoms with E-state index in [0.717, 1.165) is 19.3 Å². The van der Waals surface area contributed by atoms with Crippen molar-refractivity contribution >= 4 is 17.5 Å². The maximum atomic E-state index is 12.2. The minimum Gasteiger partial charge on any atom is -0.493 e. The van der Waals surface area contributed by atoms with Crippen molar-refractivity contribution in [3.63, 3.8) is 0 Å². The molecule has 0 radical (unpaired) electrons. The standard InChI is InChI=1S/C17H22ClNO3/c1-21-15-11-13(10-14(18)16(15)22-2)17(20)19-9-8-12-6-4-3-5-7-12/h6,10-11H,3-5,7-9H2,1-2H3,(H,19,20). The Balaban J connectivity index is 1.97. The third-order valence-electron chi connectivity index (χ3n) is 3.81. The summed E-state index contributed by atoms with van der Waals surface area (Å²) in [5, 5.41) is 3.29. The molecular formula is C17H22ClNO3. The van der Waals surface area contributed by atoms with Gasteiger partial charge in [-0.05, 0) is 44.2 Å². The van der Waals surface area contributed by atoms with Crippen LogP contribution in [0.15, 0.2) is 23.8 Å². The van der Waals surface area contributed by atoms with E-state index in [2.05, 4.69) is 11.4 Å². The molecule has 0 spiro atoms. The van der Waals surface area contributed by atoms with E-state index in [1.54, 1.807) is 12.1 Å². The Morgan fingerprint density at radius 2 is 2.09 bits per heavy atom. The van der Waals surface area contributed by atoms with Gasteiger partial charge in [-0.25, -0.2) is 0 Å². The Kier molecular flexibility index (Phi) is 6.13. The topological polar surface area (TPSA) is 47.6 Å². The minimum atomic E-state index is -0.153. The fourth-order valence-electron chi connectivity index (χ4n) is 2.62. The molecule has 0 fully saturated rings. The third kappa shape index (κ3) is 4.17. The molecule has 0 aliphatic heterocycles. The number of amides is 1. The van der Waals surface area contributed by atoms with Crippen molar-refractivity contribution in [3.05, 3.63) is 34.4 Å². The smallest absolute Gasteiger partial charge is 0.251 e. The first-order valence-electron chi connectivity index (χ1n) is 7.53. The predicted octanol–water partition coefficient (Wildman–Crippen LogP) is 3.98. The summed E-state index contributed by atoms with van der Waals surface area (Å²) in [6.45, 7) is 0.636. The summed E-state index contributed by atoms with van der Waals surface area (Å²) < 4.78 is 10.4. The average molecular weight is 324 g/mol. The summed E-state index contributed by atoms with van der Waals surface area (Å²) in [7, 11) is 3.03. The zero-order chi connectivity index (χ0) is 15.9. The number of methoxy groups -OCH3 is 2. The van der Waals surface area contributed by atoms with E-state index in [4.69, 9.17) is 21.1 Å². The van der Waals surface area contributed by atoms with Crippen LogP contribution in [0, 0.1) is 0 Å². The first-order valence-corrected chi connectivity index (χ1v) is 7.91. The molecule has 1 aliphatic carbocycles. The van der Waals surface area contributed by atoms with Crippen LogP contribution in [0.2, 0.25) is 5.02 Å². The van der Waals surface area contributed by atoms with Gasteiger partial charge in [0.15, 0.2) is 11.5 Å². The fourth-order valence-corrected chi connectivity index (χ4v) is 2.91. The van der Waals surface area contributed by atoms with E-state index in [0.29, 0.717) is 28.6 Å². The van der Waals surface area contributed by atoms with Crippen LogP contribution < -0.4 is 14.8 Å². The predicted molar refractivity (Wildman–Crippen MR) is 88.1 cm³/mol. The fraction of sp³-hybridized carbons (Fsp3) is 0.471. The lowest BCUT2D eigenvalue weighted by Gasteiger charge is -2.14. The molecule has 4 nitrogen and oxygen atoms in total. The molecular weight excluding hydrogens is 302 g/mol. The molecule has 0 unspecified atom stereocenters. The van der Waals surface area contributed by atoms with Gasteiger partial charge < -0.3 is 14.8 Å². The summed E-state index contributed by atoms with van der Waals surface area (Å²) in [4.78, 5) is 12.2. The SMILES string of the molecule is COc1cc(C(=O)NCCC2=CCCCC2)cc(Cl)c1OC. The number of nitrogens with one attached hydrogen (secondary N) is 1. The molecule has 2 rings (SSSR count). The van der Waals surface area contributed by atoms with Gasteiger partial charge in [0.05, 0.1) is 19.2 Å². The van der Waals surface area contributed by atoms with Gasteiger partial charge in [-0.2, -0.15) is 0 Å². The van der Waals surface area contributed by atoms with Crippen LogP contribution in [0.1, 0.15) is 42.5 Å². The average Bonchev–Trinajstić information content (AvgIpc) is 2.54. The normalized spacial score (nSPS) is 14.2. The number of hydrogen-bond acceptors (Lipinski definition) is 3. The minimum absolute atomic E-state index is 0.153. The van der Waals surface area contributed by atoms with Crippen LogP contribution >= 0.6 is 11.6 Å². The quantitative estimate of drug-likeness (QED) is 0.806. The molecule has 5 heteroatoms. The zero-order valence-electron chi connectivity index (χ0n) is 13.1. The van der Waals surface area contributed by atoms with Crippen molar-refractivity contribution in [2.24, 2.45) is 0 Å². The lowest BCUT2D eigenvalue weighted by atomic mass is 9.97. The van der Waals surface area contributed by atoms with Crippen LogP contribution in [-0.4, -0.2) is 26.7 Å². The second-order valence-electron chi connectivity index (χ2n) is 5.31. The molecule has 22 heavy (non-hydrogen) atoms. The van der Waals surface area contributed by atoms with Crippen LogP contribution in [-0.2, 0) is 0 Å². The summed E-state index contributed by atoms with van der Waals surface area (Å²) in [6.07, 6.45) is 8.05. The monoisotopic (exact) mass is 323 g/mol. The molecule has 0 saturated carbocycles. The second-order valence-corrected chi connectivity index (χ2v) is 5.71. The van der Waals surface area contributed by atoms with Crippen molar-refractivity contribution in [1.29, 1.82) is 0 Å². The van der Waals surface area contributed by atoms with Crippen LogP contribution in [0.25, 0.3) is 0 Å². The van der Waals surface area contributed by atoms with Crippen LogP contribution in [0.5, 0.6) is 11.5 Å². The summed E-state index contributed by atoms with van der Waals surface area (Å²) >= 11 is 6.12. The largest absolute Gasteiger partial charge is 0.493 e. The highest BCUT2D eigenvalue weighted by atomic mass is 35.5. The first kappa shape index (κ1) is 16.7. The molecule has 1 aromatic carbocycles. The van der Waals surface area contributed by atoms with Crippen molar-refractivity contribution in [1.82, 2.24) is 5.32 Å². The molecule has 0 bridgehead atoms. The summed E-state index contributed by atoms with van der Waals surface area (Å²) in [5.41, 5.74) is 1.91. The van der Waals surface area contributed by atoms with Crippen molar-refractivity contribution in [3.8, 4) is 11.5 Å². The van der Waals surface area contributed by atoms with E-state index >= 15 is 0 Å². The van der Waals surface area contributed by atoms with Crippen molar-refractivity contribution in [2.45, 2.75) is 32.1 Å². The van der Waals surface area contributed by atoms with Gasteiger partial charge in [0.2, 0.25) is 0 Å². The Hall–Kier alpha value is -1.68. The number of halogens is 1. The van der Waals surface area contributed by atoms with E-state index in [9.17, 15) is 4.79 Å². The Bertz CT molecular complexity index is 569. The Labute approximate surface area is 136 Å². The zero-order valence-corrected chi connectivity index (χ0v) is 13.8.